The first-order valence-electron chi connectivity index (χ1n) is 10.4. The Morgan fingerprint density at radius 3 is 2.12 bits per heavy atom. The molecule has 0 spiro atoms. The van der Waals surface area contributed by atoms with E-state index >= 15 is 0 Å². The minimum Gasteiger partial charge on any atom is -0.598 e. The third-order valence-electron chi connectivity index (χ3n) is 5.39. The molecule has 1 aromatic rings. The Labute approximate surface area is 164 Å². The molecule has 1 unspecified atom stereocenters. The van der Waals surface area contributed by atoms with Crippen LogP contribution in [0.4, 0.5) is 5.69 Å². The summed E-state index contributed by atoms with van der Waals surface area (Å²) in [6.07, 6.45) is 8.76. The first-order chi connectivity index (χ1) is 12.4. The molecule has 26 heavy (non-hydrogen) atoms. The fourth-order valence-electron chi connectivity index (χ4n) is 3.48. The van der Waals surface area contributed by atoms with Gasteiger partial charge in [-0.25, -0.2) is 0 Å². The van der Waals surface area contributed by atoms with Crippen LogP contribution in [0.5, 0.6) is 0 Å². The van der Waals surface area contributed by atoms with E-state index < -0.39 is 11.4 Å². The molecule has 1 atom stereocenters. The van der Waals surface area contributed by atoms with Crippen molar-refractivity contribution >= 4 is 17.0 Å². The van der Waals surface area contributed by atoms with Crippen molar-refractivity contribution in [3.63, 3.8) is 0 Å². The van der Waals surface area contributed by atoms with Crippen molar-refractivity contribution in [2.45, 2.75) is 77.4 Å². The summed E-state index contributed by atoms with van der Waals surface area (Å²) < 4.78 is 15.2. The number of hydrogen-bond acceptors (Lipinski definition) is 3. The van der Waals surface area contributed by atoms with Crippen molar-refractivity contribution in [3.8, 4) is 0 Å². The van der Waals surface area contributed by atoms with Gasteiger partial charge in [0.15, 0.2) is 0 Å². The smallest absolute Gasteiger partial charge is 0.136 e. The monoisotopic (exact) mass is 378 g/mol. The maximum Gasteiger partial charge on any atom is 0.136 e. The molecule has 0 saturated heterocycles. The van der Waals surface area contributed by atoms with Crippen LogP contribution < -0.4 is 10.0 Å². The quantitative estimate of drug-likeness (QED) is 0.573. The molecule has 1 saturated carbocycles. The third-order valence-corrected chi connectivity index (χ3v) is 6.93. The number of nitrogens with one attached hydrogen (secondary N) is 2. The van der Waals surface area contributed by atoms with Gasteiger partial charge in [0, 0.05) is 30.1 Å². The fraction of sp³-hybridized carbons (Fsp3) is 0.727. The first-order valence-corrected chi connectivity index (χ1v) is 11.5. The Bertz CT molecular complexity index is 504. The zero-order chi connectivity index (χ0) is 19.0. The Morgan fingerprint density at radius 1 is 1.00 bits per heavy atom. The fourth-order valence-corrected chi connectivity index (χ4v) is 4.30. The number of rotatable bonds is 9. The zero-order valence-electron chi connectivity index (χ0n) is 17.1. The SMILES string of the molecule is CCCCc1ccc(NCC2CCC(CN[S+]([O-])C(C)(C)C)CC2)cc1. The van der Waals surface area contributed by atoms with E-state index in [0.29, 0.717) is 5.92 Å². The number of aryl methyl sites for hydroxylation is 1. The number of benzene rings is 1. The predicted octanol–water partition coefficient (Wildman–Crippen LogP) is 5.30. The summed E-state index contributed by atoms with van der Waals surface area (Å²) in [5.41, 5.74) is 2.69. The highest BCUT2D eigenvalue weighted by Crippen LogP contribution is 2.29. The minimum absolute atomic E-state index is 0.173. The predicted molar refractivity (Wildman–Crippen MR) is 115 cm³/mol. The Hall–Kier alpha value is -0.710. The van der Waals surface area contributed by atoms with Gasteiger partial charge in [0.1, 0.15) is 4.75 Å². The molecule has 1 aliphatic rings. The van der Waals surface area contributed by atoms with Gasteiger partial charge >= 0.3 is 0 Å². The molecule has 0 heterocycles. The summed E-state index contributed by atoms with van der Waals surface area (Å²) in [5.74, 6) is 1.44. The lowest BCUT2D eigenvalue weighted by atomic mass is 9.82. The zero-order valence-corrected chi connectivity index (χ0v) is 18.0. The summed E-state index contributed by atoms with van der Waals surface area (Å²) in [6.45, 7) is 10.3. The topological polar surface area (TPSA) is 47.1 Å². The van der Waals surface area contributed by atoms with Crippen molar-refractivity contribution in [2.24, 2.45) is 11.8 Å². The molecular weight excluding hydrogens is 340 g/mol. The van der Waals surface area contributed by atoms with Crippen LogP contribution in [-0.4, -0.2) is 22.4 Å². The van der Waals surface area contributed by atoms with Gasteiger partial charge in [-0.2, -0.15) is 0 Å². The van der Waals surface area contributed by atoms with E-state index in [2.05, 4.69) is 41.2 Å². The van der Waals surface area contributed by atoms with Gasteiger partial charge in [0.2, 0.25) is 0 Å². The molecule has 2 rings (SSSR count). The van der Waals surface area contributed by atoms with Crippen molar-refractivity contribution in [2.75, 3.05) is 18.4 Å². The van der Waals surface area contributed by atoms with Gasteiger partial charge < -0.3 is 9.87 Å². The third kappa shape index (κ3) is 7.50. The van der Waals surface area contributed by atoms with Crippen LogP contribution in [0.15, 0.2) is 24.3 Å². The van der Waals surface area contributed by atoms with E-state index in [-0.39, 0.29) is 4.75 Å². The highest BCUT2D eigenvalue weighted by molar-refractivity contribution is 7.90. The molecule has 0 aromatic heterocycles. The lowest BCUT2D eigenvalue weighted by Gasteiger charge is -2.30. The summed E-state index contributed by atoms with van der Waals surface area (Å²) in [7, 11) is 0. The van der Waals surface area contributed by atoms with Crippen LogP contribution in [0.3, 0.4) is 0 Å². The maximum atomic E-state index is 12.1. The average Bonchev–Trinajstić information content (AvgIpc) is 2.63. The van der Waals surface area contributed by atoms with Gasteiger partial charge in [-0.05, 0) is 88.8 Å². The maximum absolute atomic E-state index is 12.1. The summed E-state index contributed by atoms with van der Waals surface area (Å²) in [5, 5.41) is 3.62. The van der Waals surface area contributed by atoms with E-state index in [1.807, 2.05) is 20.8 Å². The van der Waals surface area contributed by atoms with Crippen LogP contribution in [0.25, 0.3) is 0 Å². The molecular formula is C22H38N2OS. The average molecular weight is 379 g/mol. The molecule has 2 N–H and O–H groups in total. The molecule has 148 valence electrons. The second-order valence-corrected chi connectivity index (χ2v) is 10.8. The first kappa shape index (κ1) is 21.6. The Balaban J connectivity index is 1.64. The lowest BCUT2D eigenvalue weighted by Crippen LogP contribution is -2.42. The number of unbranched alkanes of at least 4 members (excludes halogenated alkanes) is 1. The van der Waals surface area contributed by atoms with Crippen molar-refractivity contribution in [3.05, 3.63) is 29.8 Å². The van der Waals surface area contributed by atoms with Gasteiger partial charge in [0.25, 0.3) is 0 Å². The van der Waals surface area contributed by atoms with Gasteiger partial charge in [-0.3, -0.25) is 0 Å². The standard InChI is InChI=1S/C22H38N2OS/c1-5-6-7-18-12-14-21(15-13-18)23-16-19-8-10-20(11-9-19)17-24-26(25)22(2,3)4/h12-15,19-20,23-24H,5-11,16-17H2,1-4H3. The molecule has 0 radical (unpaired) electrons. The molecule has 1 aromatic carbocycles. The molecule has 0 amide bonds. The second kappa shape index (κ2) is 10.6. The van der Waals surface area contributed by atoms with Gasteiger partial charge in [-0.15, -0.1) is 4.72 Å². The van der Waals surface area contributed by atoms with Crippen LogP contribution in [-0.2, 0) is 17.8 Å². The highest BCUT2D eigenvalue weighted by atomic mass is 32.2. The number of anilines is 1. The van der Waals surface area contributed by atoms with E-state index in [1.165, 1.54) is 56.2 Å². The Kier molecular flexibility index (Phi) is 8.78. The van der Waals surface area contributed by atoms with E-state index in [4.69, 9.17) is 0 Å². The van der Waals surface area contributed by atoms with Crippen molar-refractivity contribution in [1.29, 1.82) is 0 Å². The van der Waals surface area contributed by atoms with Crippen LogP contribution in [0, 0.1) is 11.8 Å². The molecule has 1 fully saturated rings. The van der Waals surface area contributed by atoms with Crippen molar-refractivity contribution in [1.82, 2.24) is 4.72 Å². The lowest BCUT2D eigenvalue weighted by molar-refractivity contribution is 0.284. The van der Waals surface area contributed by atoms with E-state index in [9.17, 15) is 4.55 Å². The highest BCUT2D eigenvalue weighted by Gasteiger charge is 2.28. The normalized spacial score (nSPS) is 22.2. The largest absolute Gasteiger partial charge is 0.598 e. The Morgan fingerprint density at radius 2 is 1.58 bits per heavy atom. The van der Waals surface area contributed by atoms with Crippen LogP contribution >= 0.6 is 0 Å². The summed E-state index contributed by atoms with van der Waals surface area (Å²) in [4.78, 5) is 0. The molecule has 0 aliphatic heterocycles. The molecule has 1 aliphatic carbocycles. The van der Waals surface area contributed by atoms with Crippen molar-refractivity contribution < 1.29 is 4.55 Å². The van der Waals surface area contributed by atoms with Crippen LogP contribution in [0.2, 0.25) is 0 Å². The minimum atomic E-state index is -0.943. The molecule has 3 nitrogen and oxygen atoms in total. The van der Waals surface area contributed by atoms with Crippen LogP contribution in [0.1, 0.15) is 71.8 Å². The second-order valence-electron chi connectivity index (χ2n) is 8.80. The molecule has 0 bridgehead atoms. The van der Waals surface area contributed by atoms with E-state index in [0.717, 1.165) is 19.0 Å². The molecule has 4 heteroatoms. The summed E-state index contributed by atoms with van der Waals surface area (Å²) >= 11 is -0.943. The number of hydrogen-bond donors (Lipinski definition) is 2. The van der Waals surface area contributed by atoms with Gasteiger partial charge in [-0.1, -0.05) is 25.5 Å². The van der Waals surface area contributed by atoms with Gasteiger partial charge in [0.05, 0.1) is 0 Å². The summed E-state index contributed by atoms with van der Waals surface area (Å²) in [6, 6.07) is 8.97. The van der Waals surface area contributed by atoms with E-state index in [1.54, 1.807) is 0 Å².